The Bertz CT molecular complexity index is 1070. The lowest BCUT2D eigenvalue weighted by Crippen LogP contribution is -2.45. The Balaban J connectivity index is 1.36. The number of rotatable bonds is 8. The third-order valence-corrected chi connectivity index (χ3v) is 8.40. The molecule has 2 aliphatic rings. The van der Waals surface area contributed by atoms with Crippen LogP contribution in [0, 0.1) is 5.92 Å². The maximum atomic E-state index is 13.1. The van der Waals surface area contributed by atoms with E-state index in [0.717, 1.165) is 38.4 Å². The van der Waals surface area contributed by atoms with Gasteiger partial charge in [-0.25, -0.2) is 8.42 Å². The van der Waals surface area contributed by atoms with Crippen molar-refractivity contribution in [1.29, 1.82) is 0 Å². The molecule has 0 aliphatic carbocycles. The molecule has 2 fully saturated rings. The van der Waals surface area contributed by atoms with Gasteiger partial charge in [-0.3, -0.25) is 9.69 Å². The summed E-state index contributed by atoms with van der Waals surface area (Å²) >= 11 is 0. The van der Waals surface area contributed by atoms with E-state index in [2.05, 4.69) is 16.3 Å². The fourth-order valence-corrected chi connectivity index (χ4v) is 6.01. The van der Waals surface area contributed by atoms with Crippen LogP contribution in [-0.2, 0) is 32.6 Å². The summed E-state index contributed by atoms with van der Waals surface area (Å²) in [6.45, 7) is 5.17. The molecule has 1 N–H and O–H groups in total. The van der Waals surface area contributed by atoms with Crippen molar-refractivity contribution in [2.45, 2.75) is 30.8 Å². The van der Waals surface area contributed by atoms with Crippen LogP contribution in [-0.4, -0.2) is 70.0 Å². The van der Waals surface area contributed by atoms with Gasteiger partial charge in [-0.05, 0) is 48.2 Å². The number of piperidine rings is 1. The minimum Gasteiger partial charge on any atom is -0.497 e. The second kappa shape index (κ2) is 11.3. The highest BCUT2D eigenvalue weighted by molar-refractivity contribution is 7.89. The van der Waals surface area contributed by atoms with Crippen LogP contribution in [0.1, 0.15) is 24.0 Å². The molecule has 0 bridgehead atoms. The predicted octanol–water partition coefficient (Wildman–Crippen LogP) is 2.24. The van der Waals surface area contributed by atoms with E-state index in [4.69, 9.17) is 9.47 Å². The van der Waals surface area contributed by atoms with E-state index < -0.39 is 10.0 Å². The fraction of sp³-hybridized carbons (Fsp3) is 0.480. The molecule has 2 heterocycles. The second-order valence-corrected chi connectivity index (χ2v) is 10.7. The number of amides is 1. The molecule has 1 amide bonds. The molecule has 0 spiro atoms. The highest BCUT2D eigenvalue weighted by atomic mass is 32.2. The first-order chi connectivity index (χ1) is 16.5. The maximum Gasteiger partial charge on any atom is 0.243 e. The Hall–Kier alpha value is -2.46. The molecular weight excluding hydrogens is 454 g/mol. The molecule has 0 radical (unpaired) electrons. The Morgan fingerprint density at radius 2 is 1.76 bits per heavy atom. The number of carbonyl (C=O) groups excluding carboxylic acids is 1. The van der Waals surface area contributed by atoms with E-state index in [0.29, 0.717) is 31.7 Å². The molecule has 184 valence electrons. The zero-order valence-electron chi connectivity index (χ0n) is 19.6. The first-order valence-corrected chi connectivity index (χ1v) is 13.2. The van der Waals surface area contributed by atoms with E-state index in [1.165, 1.54) is 9.87 Å². The van der Waals surface area contributed by atoms with E-state index in [1.54, 1.807) is 31.4 Å². The van der Waals surface area contributed by atoms with E-state index >= 15 is 0 Å². The van der Waals surface area contributed by atoms with E-state index in [-0.39, 0.29) is 23.3 Å². The van der Waals surface area contributed by atoms with Crippen LogP contribution < -0.4 is 10.1 Å². The molecule has 9 heteroatoms. The second-order valence-electron chi connectivity index (χ2n) is 8.75. The van der Waals surface area contributed by atoms with Gasteiger partial charge in [-0.1, -0.05) is 24.3 Å². The maximum absolute atomic E-state index is 13.1. The smallest absolute Gasteiger partial charge is 0.243 e. The average Bonchev–Trinajstić information content (AvgIpc) is 2.88. The molecule has 0 saturated carbocycles. The molecule has 0 aromatic heterocycles. The molecule has 2 aromatic carbocycles. The van der Waals surface area contributed by atoms with Gasteiger partial charge in [0.25, 0.3) is 0 Å². The molecule has 34 heavy (non-hydrogen) atoms. The largest absolute Gasteiger partial charge is 0.497 e. The van der Waals surface area contributed by atoms with Gasteiger partial charge in [-0.15, -0.1) is 0 Å². The minimum atomic E-state index is -3.66. The van der Waals surface area contributed by atoms with Crippen molar-refractivity contribution in [2.75, 3.05) is 46.5 Å². The average molecular weight is 488 g/mol. The summed E-state index contributed by atoms with van der Waals surface area (Å²) in [4.78, 5) is 15.6. The van der Waals surface area contributed by atoms with Crippen LogP contribution in [0.5, 0.6) is 5.75 Å². The van der Waals surface area contributed by atoms with Crippen molar-refractivity contribution >= 4 is 15.9 Å². The monoisotopic (exact) mass is 487 g/mol. The van der Waals surface area contributed by atoms with Crippen LogP contribution in [0.3, 0.4) is 0 Å². The van der Waals surface area contributed by atoms with Crippen LogP contribution in [0.15, 0.2) is 53.4 Å². The van der Waals surface area contributed by atoms with Crippen molar-refractivity contribution < 1.29 is 22.7 Å². The van der Waals surface area contributed by atoms with Gasteiger partial charge in [-0.2, -0.15) is 4.31 Å². The quantitative estimate of drug-likeness (QED) is 0.615. The summed E-state index contributed by atoms with van der Waals surface area (Å²) in [5, 5.41) is 3.05. The number of carbonyl (C=O) groups is 1. The van der Waals surface area contributed by atoms with Crippen LogP contribution in [0.2, 0.25) is 0 Å². The number of hydrogen-bond acceptors (Lipinski definition) is 6. The number of ether oxygens (including phenoxy) is 2. The topological polar surface area (TPSA) is 88.2 Å². The number of hydrogen-bond donors (Lipinski definition) is 1. The molecular formula is C25H33N3O5S. The minimum absolute atomic E-state index is 0.101. The SMILES string of the molecule is COc1ccc(S(=O)(=O)N2CCC[C@H](C(=O)NCc3ccccc3CN3CCOCC3)C2)cc1. The zero-order valence-corrected chi connectivity index (χ0v) is 20.4. The van der Waals surface area contributed by atoms with E-state index in [9.17, 15) is 13.2 Å². The summed E-state index contributed by atoms with van der Waals surface area (Å²) in [5.41, 5.74) is 2.28. The van der Waals surface area contributed by atoms with Gasteiger partial charge < -0.3 is 14.8 Å². The van der Waals surface area contributed by atoms with Crippen LogP contribution >= 0.6 is 0 Å². The number of nitrogens with zero attached hydrogens (tertiary/aromatic N) is 2. The summed E-state index contributed by atoms with van der Waals surface area (Å²) in [7, 11) is -2.12. The first kappa shape index (κ1) is 24.7. The Labute approximate surface area is 201 Å². The Morgan fingerprint density at radius 1 is 1.06 bits per heavy atom. The summed E-state index contributed by atoms with van der Waals surface area (Å²) in [6.07, 6.45) is 1.33. The zero-order chi connectivity index (χ0) is 24.0. The van der Waals surface area contributed by atoms with Gasteiger partial charge in [0.2, 0.25) is 15.9 Å². The normalized spacial score (nSPS) is 20.1. The first-order valence-electron chi connectivity index (χ1n) is 11.8. The van der Waals surface area contributed by atoms with Gasteiger partial charge in [0.05, 0.1) is 31.1 Å². The molecule has 8 nitrogen and oxygen atoms in total. The molecule has 1 atom stereocenters. The number of morpholine rings is 1. The van der Waals surface area contributed by atoms with Crippen LogP contribution in [0.25, 0.3) is 0 Å². The molecule has 0 unspecified atom stereocenters. The summed E-state index contributed by atoms with van der Waals surface area (Å²) in [5.74, 6) is 0.132. The van der Waals surface area contributed by atoms with Crippen molar-refractivity contribution in [1.82, 2.24) is 14.5 Å². The van der Waals surface area contributed by atoms with Crippen molar-refractivity contribution in [2.24, 2.45) is 5.92 Å². The number of nitrogens with one attached hydrogen (secondary N) is 1. The lowest BCUT2D eigenvalue weighted by atomic mass is 9.98. The Kier molecular flexibility index (Phi) is 8.20. The Morgan fingerprint density at radius 3 is 2.47 bits per heavy atom. The predicted molar refractivity (Wildman–Crippen MR) is 129 cm³/mol. The van der Waals surface area contributed by atoms with Gasteiger partial charge in [0.15, 0.2) is 0 Å². The molecule has 2 aliphatic heterocycles. The van der Waals surface area contributed by atoms with Crippen molar-refractivity contribution in [3.8, 4) is 5.75 Å². The number of sulfonamides is 1. The third kappa shape index (κ3) is 5.96. The fourth-order valence-electron chi connectivity index (χ4n) is 4.48. The van der Waals surface area contributed by atoms with Crippen molar-refractivity contribution in [3.05, 3.63) is 59.7 Å². The highest BCUT2D eigenvalue weighted by Crippen LogP contribution is 2.25. The molecule has 4 rings (SSSR count). The summed E-state index contributed by atoms with van der Waals surface area (Å²) in [6, 6.07) is 14.5. The number of benzene rings is 2. The lowest BCUT2D eigenvalue weighted by molar-refractivity contribution is -0.126. The van der Waals surface area contributed by atoms with Crippen molar-refractivity contribution in [3.63, 3.8) is 0 Å². The van der Waals surface area contributed by atoms with Crippen LogP contribution in [0.4, 0.5) is 0 Å². The molecule has 2 aromatic rings. The molecule has 2 saturated heterocycles. The van der Waals surface area contributed by atoms with Gasteiger partial charge >= 0.3 is 0 Å². The van der Waals surface area contributed by atoms with E-state index in [1.807, 2.05) is 18.2 Å². The number of methoxy groups -OCH3 is 1. The summed E-state index contributed by atoms with van der Waals surface area (Å²) < 4.78 is 38.2. The van der Waals surface area contributed by atoms with Gasteiger partial charge in [0, 0.05) is 39.3 Å². The van der Waals surface area contributed by atoms with Gasteiger partial charge in [0.1, 0.15) is 5.75 Å². The standard InChI is InChI=1S/C25H33N3O5S/c1-32-23-8-10-24(11-9-23)34(30,31)28-12-4-7-22(19-28)25(29)26-17-20-5-2-3-6-21(20)18-27-13-15-33-16-14-27/h2-3,5-6,8-11,22H,4,7,12-19H2,1H3,(H,26,29)/t22-/m0/s1. The lowest BCUT2D eigenvalue weighted by Gasteiger charge is -2.31. The highest BCUT2D eigenvalue weighted by Gasteiger charge is 2.33. The third-order valence-electron chi connectivity index (χ3n) is 6.52.